The Hall–Kier alpha value is -1.95. The van der Waals surface area contributed by atoms with Crippen molar-refractivity contribution in [2.24, 2.45) is 0 Å². The average molecular weight is 292 g/mol. The van der Waals surface area contributed by atoms with E-state index in [0.717, 1.165) is 25.7 Å². The SMILES string of the molecule is COCC1(NC(=O)c2ccnc(C(=O)O)c2)CCCCC1. The highest BCUT2D eigenvalue weighted by molar-refractivity contribution is 5.97. The lowest BCUT2D eigenvalue weighted by Gasteiger charge is -2.37. The fraction of sp³-hybridized carbons (Fsp3) is 0.533. The quantitative estimate of drug-likeness (QED) is 0.864. The Morgan fingerprint density at radius 3 is 2.71 bits per heavy atom. The Kier molecular flexibility index (Phi) is 4.90. The number of hydrogen-bond acceptors (Lipinski definition) is 4. The van der Waals surface area contributed by atoms with E-state index in [4.69, 9.17) is 9.84 Å². The van der Waals surface area contributed by atoms with E-state index in [-0.39, 0.29) is 17.1 Å². The highest BCUT2D eigenvalue weighted by Gasteiger charge is 2.33. The second-order valence-electron chi connectivity index (χ2n) is 5.46. The number of nitrogens with zero attached hydrogens (tertiary/aromatic N) is 1. The predicted octanol–water partition coefficient (Wildman–Crippen LogP) is 1.86. The van der Waals surface area contributed by atoms with Crippen molar-refractivity contribution in [2.75, 3.05) is 13.7 Å². The number of carboxylic acid groups (broad SMARTS) is 1. The number of rotatable bonds is 5. The van der Waals surface area contributed by atoms with E-state index in [9.17, 15) is 9.59 Å². The summed E-state index contributed by atoms with van der Waals surface area (Å²) >= 11 is 0. The Morgan fingerprint density at radius 2 is 2.10 bits per heavy atom. The van der Waals surface area contributed by atoms with Crippen LogP contribution in [-0.4, -0.2) is 41.2 Å². The first-order valence-electron chi connectivity index (χ1n) is 7.07. The van der Waals surface area contributed by atoms with Crippen LogP contribution in [0.2, 0.25) is 0 Å². The van der Waals surface area contributed by atoms with Gasteiger partial charge in [0, 0.05) is 18.9 Å². The van der Waals surface area contributed by atoms with E-state index >= 15 is 0 Å². The summed E-state index contributed by atoms with van der Waals surface area (Å²) in [6, 6.07) is 2.81. The summed E-state index contributed by atoms with van der Waals surface area (Å²) in [6.07, 6.45) is 6.37. The van der Waals surface area contributed by atoms with E-state index < -0.39 is 5.97 Å². The smallest absolute Gasteiger partial charge is 0.354 e. The van der Waals surface area contributed by atoms with Crippen LogP contribution >= 0.6 is 0 Å². The van der Waals surface area contributed by atoms with E-state index in [1.165, 1.54) is 24.8 Å². The Labute approximate surface area is 123 Å². The number of carbonyl (C=O) groups excluding carboxylic acids is 1. The molecule has 0 unspecified atom stereocenters. The summed E-state index contributed by atoms with van der Waals surface area (Å²) in [7, 11) is 1.62. The first kappa shape index (κ1) is 15.4. The third-order valence-electron chi connectivity index (χ3n) is 3.85. The second kappa shape index (κ2) is 6.67. The van der Waals surface area contributed by atoms with Gasteiger partial charge in [-0.25, -0.2) is 9.78 Å². The predicted molar refractivity (Wildman–Crippen MR) is 76.4 cm³/mol. The van der Waals surface area contributed by atoms with Gasteiger partial charge in [-0.15, -0.1) is 0 Å². The maximum Gasteiger partial charge on any atom is 0.354 e. The van der Waals surface area contributed by atoms with Crippen LogP contribution < -0.4 is 5.32 Å². The summed E-state index contributed by atoms with van der Waals surface area (Å²) in [5.74, 6) is -1.42. The average Bonchev–Trinajstić information content (AvgIpc) is 2.48. The van der Waals surface area contributed by atoms with Crippen molar-refractivity contribution in [1.82, 2.24) is 10.3 Å². The molecule has 0 radical (unpaired) electrons. The maximum atomic E-state index is 12.4. The molecule has 2 rings (SSSR count). The van der Waals surface area contributed by atoms with Gasteiger partial charge in [-0.1, -0.05) is 19.3 Å². The largest absolute Gasteiger partial charge is 0.477 e. The molecule has 1 aliphatic carbocycles. The number of ether oxygens (including phenoxy) is 1. The molecule has 1 saturated carbocycles. The molecule has 0 aliphatic heterocycles. The molecule has 1 fully saturated rings. The highest BCUT2D eigenvalue weighted by Crippen LogP contribution is 2.28. The summed E-state index contributed by atoms with van der Waals surface area (Å²) in [5, 5.41) is 12.0. The summed E-state index contributed by atoms with van der Waals surface area (Å²) in [6.45, 7) is 0.468. The second-order valence-corrected chi connectivity index (χ2v) is 5.46. The molecular formula is C15H20N2O4. The van der Waals surface area contributed by atoms with Crippen molar-refractivity contribution in [2.45, 2.75) is 37.6 Å². The fourth-order valence-corrected chi connectivity index (χ4v) is 2.81. The molecule has 0 saturated heterocycles. The minimum absolute atomic E-state index is 0.132. The topological polar surface area (TPSA) is 88.5 Å². The van der Waals surface area contributed by atoms with Gasteiger partial charge in [0.2, 0.25) is 0 Å². The lowest BCUT2D eigenvalue weighted by molar-refractivity contribution is 0.0638. The maximum absolute atomic E-state index is 12.4. The van der Waals surface area contributed by atoms with Gasteiger partial charge in [0.15, 0.2) is 0 Å². The Morgan fingerprint density at radius 1 is 1.38 bits per heavy atom. The number of pyridine rings is 1. The molecule has 1 aliphatic rings. The van der Waals surface area contributed by atoms with Crippen LogP contribution in [0.3, 0.4) is 0 Å². The molecule has 21 heavy (non-hydrogen) atoms. The molecule has 6 heteroatoms. The molecular weight excluding hydrogens is 272 g/mol. The molecule has 0 bridgehead atoms. The lowest BCUT2D eigenvalue weighted by Crippen LogP contribution is -2.53. The summed E-state index contributed by atoms with van der Waals surface area (Å²) < 4.78 is 5.26. The number of nitrogens with one attached hydrogen (secondary N) is 1. The lowest BCUT2D eigenvalue weighted by atomic mass is 9.82. The zero-order valence-corrected chi connectivity index (χ0v) is 12.1. The van der Waals surface area contributed by atoms with Gasteiger partial charge < -0.3 is 15.2 Å². The number of hydrogen-bond donors (Lipinski definition) is 2. The number of carboxylic acids is 1. The Balaban J connectivity index is 2.15. The molecule has 2 N–H and O–H groups in total. The molecule has 1 aromatic heterocycles. The van der Waals surface area contributed by atoms with Crippen molar-refractivity contribution in [3.05, 3.63) is 29.6 Å². The highest BCUT2D eigenvalue weighted by atomic mass is 16.5. The van der Waals surface area contributed by atoms with Crippen molar-refractivity contribution < 1.29 is 19.4 Å². The van der Waals surface area contributed by atoms with Crippen molar-refractivity contribution in [3.8, 4) is 0 Å². The van der Waals surface area contributed by atoms with E-state index in [2.05, 4.69) is 10.3 Å². The molecule has 1 amide bonds. The van der Waals surface area contributed by atoms with Crippen molar-refractivity contribution in [1.29, 1.82) is 0 Å². The van der Waals surface area contributed by atoms with E-state index in [1.54, 1.807) is 7.11 Å². The van der Waals surface area contributed by atoms with Gasteiger partial charge in [-0.3, -0.25) is 4.79 Å². The number of carbonyl (C=O) groups is 2. The van der Waals surface area contributed by atoms with E-state index in [1.807, 2.05) is 0 Å². The molecule has 0 spiro atoms. The minimum atomic E-state index is -1.14. The van der Waals surface area contributed by atoms with Gasteiger partial charge in [0.1, 0.15) is 5.69 Å². The molecule has 0 aromatic carbocycles. The van der Waals surface area contributed by atoms with Gasteiger partial charge in [0.05, 0.1) is 12.1 Å². The first-order chi connectivity index (χ1) is 10.1. The van der Waals surface area contributed by atoms with Crippen LogP contribution in [-0.2, 0) is 4.74 Å². The fourth-order valence-electron chi connectivity index (χ4n) is 2.81. The molecule has 0 atom stereocenters. The number of aromatic carboxylic acids is 1. The van der Waals surface area contributed by atoms with Crippen LogP contribution in [0.1, 0.15) is 53.0 Å². The molecule has 6 nitrogen and oxygen atoms in total. The normalized spacial score (nSPS) is 17.2. The third kappa shape index (κ3) is 3.78. The Bertz CT molecular complexity index is 519. The number of amides is 1. The number of aromatic nitrogens is 1. The van der Waals surface area contributed by atoms with Crippen LogP contribution in [0, 0.1) is 0 Å². The van der Waals surface area contributed by atoms with Crippen molar-refractivity contribution in [3.63, 3.8) is 0 Å². The third-order valence-corrected chi connectivity index (χ3v) is 3.85. The van der Waals surface area contributed by atoms with Gasteiger partial charge in [-0.2, -0.15) is 0 Å². The van der Waals surface area contributed by atoms with Crippen molar-refractivity contribution >= 4 is 11.9 Å². The molecule has 1 aromatic rings. The van der Waals surface area contributed by atoms with Crippen LogP contribution in [0.5, 0.6) is 0 Å². The molecule has 114 valence electrons. The summed E-state index contributed by atoms with van der Waals surface area (Å²) in [5.41, 5.74) is -0.174. The minimum Gasteiger partial charge on any atom is -0.477 e. The zero-order valence-electron chi connectivity index (χ0n) is 12.1. The molecule has 1 heterocycles. The van der Waals surface area contributed by atoms with Crippen LogP contribution in [0.15, 0.2) is 18.3 Å². The monoisotopic (exact) mass is 292 g/mol. The van der Waals surface area contributed by atoms with Gasteiger partial charge in [-0.05, 0) is 25.0 Å². The summed E-state index contributed by atoms with van der Waals surface area (Å²) in [4.78, 5) is 27.0. The number of methoxy groups -OCH3 is 1. The van der Waals surface area contributed by atoms with E-state index in [0.29, 0.717) is 12.2 Å². The van der Waals surface area contributed by atoms with Gasteiger partial charge in [0.25, 0.3) is 5.91 Å². The standard InChI is InChI=1S/C15H20N2O4/c1-21-10-15(6-3-2-4-7-15)17-13(18)11-5-8-16-12(9-11)14(19)20/h5,8-9H,2-4,6-7,10H2,1H3,(H,17,18)(H,19,20). The zero-order chi connectivity index (χ0) is 15.3. The van der Waals surface area contributed by atoms with Crippen LogP contribution in [0.4, 0.5) is 0 Å². The van der Waals surface area contributed by atoms with Gasteiger partial charge >= 0.3 is 5.97 Å². The van der Waals surface area contributed by atoms with Crippen LogP contribution in [0.25, 0.3) is 0 Å². The first-order valence-corrected chi connectivity index (χ1v) is 7.07.